The van der Waals surface area contributed by atoms with Crippen molar-refractivity contribution < 1.29 is 19.7 Å². The molecule has 1 heterocycles. The van der Waals surface area contributed by atoms with Crippen LogP contribution in [-0.4, -0.2) is 59.7 Å². The van der Waals surface area contributed by atoms with E-state index in [-0.39, 0.29) is 6.04 Å². The molecular formula is C18H24N2O4. The van der Waals surface area contributed by atoms with Crippen molar-refractivity contribution in [3.63, 3.8) is 0 Å². The van der Waals surface area contributed by atoms with Crippen molar-refractivity contribution in [1.82, 2.24) is 4.90 Å². The molecule has 0 bridgehead atoms. The van der Waals surface area contributed by atoms with Gasteiger partial charge in [0.1, 0.15) is 6.23 Å². The van der Waals surface area contributed by atoms with Crippen molar-refractivity contribution in [2.75, 3.05) is 26.3 Å². The minimum Gasteiger partial charge on any atom is -0.478 e. The maximum atomic E-state index is 10.8. The second kappa shape index (κ2) is 8.75. The molecular weight excluding hydrogens is 308 g/mol. The summed E-state index contributed by atoms with van der Waals surface area (Å²) in [5, 5.41) is 19.7. The largest absolute Gasteiger partial charge is 0.478 e. The normalized spacial score (nSPS) is 17.6. The molecule has 2 aromatic carbocycles. The molecule has 3 rings (SSSR count). The number of hydrogen-bond acceptors (Lipinski definition) is 5. The van der Waals surface area contributed by atoms with Gasteiger partial charge >= 0.3 is 5.97 Å². The summed E-state index contributed by atoms with van der Waals surface area (Å²) in [5.41, 5.74) is 5.70. The van der Waals surface area contributed by atoms with E-state index in [0.717, 1.165) is 37.1 Å². The summed E-state index contributed by atoms with van der Waals surface area (Å²) in [5.74, 6) is -0.878. The van der Waals surface area contributed by atoms with Crippen molar-refractivity contribution in [3.8, 4) is 0 Å². The van der Waals surface area contributed by atoms with E-state index in [1.54, 1.807) is 12.1 Å². The third-order valence-corrected chi connectivity index (χ3v) is 4.14. The standard InChI is InChI=1S/C11H8O2.C7H16N2O2/c12-11(13)10-7-3-5-8-4-1-2-6-9(8)10;1-6(7(8)10)9-2-4-11-5-3-9/h1-7H,(H,12,13);6-7,10H,2-5,8H2,1H3. The first-order valence-corrected chi connectivity index (χ1v) is 7.97. The van der Waals surface area contributed by atoms with E-state index in [4.69, 9.17) is 20.7 Å². The molecule has 0 aliphatic carbocycles. The molecule has 1 fully saturated rings. The van der Waals surface area contributed by atoms with Crippen LogP contribution in [0.15, 0.2) is 42.5 Å². The maximum absolute atomic E-state index is 10.8. The van der Waals surface area contributed by atoms with Gasteiger partial charge in [0.15, 0.2) is 0 Å². The lowest BCUT2D eigenvalue weighted by Gasteiger charge is -2.33. The zero-order valence-electron chi connectivity index (χ0n) is 13.8. The summed E-state index contributed by atoms with van der Waals surface area (Å²) in [6.07, 6.45) is -0.743. The summed E-state index contributed by atoms with van der Waals surface area (Å²) in [6.45, 7) is 5.16. The Balaban J connectivity index is 0.000000177. The van der Waals surface area contributed by atoms with Crippen LogP contribution in [0.4, 0.5) is 0 Å². The molecule has 6 heteroatoms. The molecule has 2 aromatic rings. The molecule has 0 aromatic heterocycles. The van der Waals surface area contributed by atoms with Crippen LogP contribution in [0.25, 0.3) is 10.8 Å². The van der Waals surface area contributed by atoms with Gasteiger partial charge in [-0.3, -0.25) is 4.90 Å². The molecule has 0 spiro atoms. The number of aromatic carboxylic acids is 1. The summed E-state index contributed by atoms with van der Waals surface area (Å²) in [6, 6.07) is 12.8. The molecule has 2 atom stereocenters. The van der Waals surface area contributed by atoms with Crippen LogP contribution in [0.3, 0.4) is 0 Å². The Labute approximate surface area is 141 Å². The molecule has 0 amide bonds. The van der Waals surface area contributed by atoms with Gasteiger partial charge in [-0.2, -0.15) is 0 Å². The predicted octanol–water partition coefficient (Wildman–Crippen LogP) is 1.52. The Hall–Kier alpha value is -1.99. The Morgan fingerprint density at radius 3 is 2.42 bits per heavy atom. The van der Waals surface area contributed by atoms with Crippen LogP contribution in [-0.2, 0) is 4.74 Å². The molecule has 1 saturated heterocycles. The number of nitrogens with zero attached hydrogens (tertiary/aromatic N) is 1. The molecule has 0 radical (unpaired) electrons. The van der Waals surface area contributed by atoms with Gasteiger partial charge in [0.25, 0.3) is 0 Å². The number of ether oxygens (including phenoxy) is 1. The zero-order valence-corrected chi connectivity index (χ0v) is 13.8. The van der Waals surface area contributed by atoms with E-state index in [1.165, 1.54) is 0 Å². The number of aliphatic hydroxyl groups is 1. The number of nitrogens with two attached hydrogens (primary N) is 1. The molecule has 24 heavy (non-hydrogen) atoms. The van der Waals surface area contributed by atoms with Gasteiger partial charge in [-0.15, -0.1) is 0 Å². The summed E-state index contributed by atoms with van der Waals surface area (Å²) in [4.78, 5) is 12.9. The highest BCUT2D eigenvalue weighted by molar-refractivity contribution is 6.03. The Morgan fingerprint density at radius 1 is 1.17 bits per heavy atom. The summed E-state index contributed by atoms with van der Waals surface area (Å²) < 4.78 is 5.17. The Kier molecular flexibility index (Phi) is 6.69. The van der Waals surface area contributed by atoms with Gasteiger partial charge in [0, 0.05) is 19.1 Å². The van der Waals surface area contributed by atoms with Crippen molar-refractivity contribution in [1.29, 1.82) is 0 Å². The van der Waals surface area contributed by atoms with Crippen molar-refractivity contribution in [2.45, 2.75) is 19.2 Å². The number of morpholine rings is 1. The van der Waals surface area contributed by atoms with E-state index < -0.39 is 12.2 Å². The van der Waals surface area contributed by atoms with E-state index in [0.29, 0.717) is 5.56 Å². The molecule has 6 nitrogen and oxygen atoms in total. The summed E-state index contributed by atoms with van der Waals surface area (Å²) in [7, 11) is 0. The lowest BCUT2D eigenvalue weighted by atomic mass is 10.1. The molecule has 130 valence electrons. The smallest absolute Gasteiger partial charge is 0.336 e. The number of aliphatic hydroxyl groups excluding tert-OH is 1. The fourth-order valence-corrected chi connectivity index (χ4v) is 2.61. The van der Waals surface area contributed by atoms with E-state index in [2.05, 4.69) is 4.90 Å². The van der Waals surface area contributed by atoms with Crippen LogP contribution in [0, 0.1) is 0 Å². The zero-order chi connectivity index (χ0) is 17.5. The maximum Gasteiger partial charge on any atom is 0.336 e. The minimum atomic E-state index is -0.878. The Bertz CT molecular complexity index is 664. The van der Waals surface area contributed by atoms with Gasteiger partial charge in [0.2, 0.25) is 0 Å². The topological polar surface area (TPSA) is 96.0 Å². The third kappa shape index (κ3) is 4.75. The van der Waals surface area contributed by atoms with E-state index in [1.807, 2.05) is 37.3 Å². The number of fused-ring (bicyclic) bond motifs is 1. The fourth-order valence-electron chi connectivity index (χ4n) is 2.61. The van der Waals surface area contributed by atoms with Crippen molar-refractivity contribution in [2.24, 2.45) is 5.73 Å². The second-order valence-electron chi connectivity index (χ2n) is 5.71. The monoisotopic (exact) mass is 332 g/mol. The van der Waals surface area contributed by atoms with Gasteiger partial charge in [-0.1, -0.05) is 36.4 Å². The van der Waals surface area contributed by atoms with Gasteiger partial charge in [-0.05, 0) is 23.8 Å². The van der Waals surface area contributed by atoms with E-state index >= 15 is 0 Å². The second-order valence-corrected chi connectivity index (χ2v) is 5.71. The number of carboxylic acids is 1. The lowest BCUT2D eigenvalue weighted by molar-refractivity contribution is -0.0141. The molecule has 1 aliphatic heterocycles. The highest BCUT2D eigenvalue weighted by atomic mass is 16.5. The van der Waals surface area contributed by atoms with Gasteiger partial charge < -0.3 is 20.7 Å². The van der Waals surface area contributed by atoms with Crippen LogP contribution in [0.5, 0.6) is 0 Å². The van der Waals surface area contributed by atoms with Crippen LogP contribution in [0.2, 0.25) is 0 Å². The third-order valence-electron chi connectivity index (χ3n) is 4.14. The first kappa shape index (κ1) is 18.4. The molecule has 4 N–H and O–H groups in total. The van der Waals surface area contributed by atoms with Crippen molar-refractivity contribution in [3.05, 3.63) is 48.0 Å². The number of rotatable bonds is 3. The Morgan fingerprint density at radius 2 is 1.79 bits per heavy atom. The number of benzene rings is 2. The first-order valence-electron chi connectivity index (χ1n) is 7.97. The average Bonchev–Trinajstić information content (AvgIpc) is 2.61. The highest BCUT2D eigenvalue weighted by Gasteiger charge is 2.20. The summed E-state index contributed by atoms with van der Waals surface area (Å²) >= 11 is 0. The molecule has 2 unspecified atom stereocenters. The van der Waals surface area contributed by atoms with Gasteiger partial charge in [0.05, 0.1) is 18.8 Å². The predicted molar refractivity (Wildman–Crippen MR) is 93.0 cm³/mol. The SMILES string of the molecule is CC(C(N)O)N1CCOCC1.O=C(O)c1cccc2ccccc12. The first-order chi connectivity index (χ1) is 11.5. The number of hydrogen-bond donors (Lipinski definition) is 3. The molecule has 0 saturated carbocycles. The average molecular weight is 332 g/mol. The number of carbonyl (C=O) groups is 1. The fraction of sp³-hybridized carbons (Fsp3) is 0.389. The number of carboxylic acid groups (broad SMARTS) is 1. The quantitative estimate of drug-likeness (QED) is 0.738. The van der Waals surface area contributed by atoms with Crippen molar-refractivity contribution >= 4 is 16.7 Å². The van der Waals surface area contributed by atoms with E-state index in [9.17, 15) is 4.79 Å². The highest BCUT2D eigenvalue weighted by Crippen LogP contribution is 2.17. The van der Waals surface area contributed by atoms with Gasteiger partial charge in [-0.25, -0.2) is 4.79 Å². The lowest BCUT2D eigenvalue weighted by Crippen LogP contribution is -2.50. The minimum absolute atomic E-state index is 0.0406. The molecule has 1 aliphatic rings. The van der Waals surface area contributed by atoms with Crippen LogP contribution in [0.1, 0.15) is 17.3 Å². The van der Waals surface area contributed by atoms with Crippen LogP contribution >= 0.6 is 0 Å². The van der Waals surface area contributed by atoms with Crippen LogP contribution < -0.4 is 5.73 Å².